The van der Waals surface area contributed by atoms with Crippen LogP contribution in [0.1, 0.15) is 17.5 Å². The molecule has 0 atom stereocenters. The number of amides is 1. The second-order valence-electron chi connectivity index (χ2n) is 6.44. The standard InChI is InChI=1S/C19H21FN2O4S/c1-13-10-16(6-7-17(13)20)27(24,25)21-15-5-8-18-14(11-15)4-3-9-22(18)19(23)12-26-2/h5-8,10-11,21H,3-4,9,12H2,1-2H3. The molecule has 1 amide bonds. The van der Waals surface area contributed by atoms with Crippen molar-refractivity contribution in [3.8, 4) is 0 Å². The van der Waals surface area contributed by atoms with E-state index in [0.717, 1.165) is 30.2 Å². The first-order chi connectivity index (χ1) is 12.8. The molecule has 0 aliphatic carbocycles. The fraction of sp³-hybridized carbons (Fsp3) is 0.316. The summed E-state index contributed by atoms with van der Waals surface area (Å²) in [6, 6.07) is 8.74. The zero-order chi connectivity index (χ0) is 19.6. The number of fused-ring (bicyclic) bond motifs is 1. The number of carbonyl (C=O) groups is 1. The number of methoxy groups -OCH3 is 1. The highest BCUT2D eigenvalue weighted by molar-refractivity contribution is 7.92. The molecule has 0 saturated carbocycles. The van der Waals surface area contributed by atoms with Crippen molar-refractivity contribution in [1.82, 2.24) is 0 Å². The van der Waals surface area contributed by atoms with Gasteiger partial charge in [0, 0.05) is 25.0 Å². The average molecular weight is 392 g/mol. The number of hydrogen-bond acceptors (Lipinski definition) is 4. The quantitative estimate of drug-likeness (QED) is 0.849. The van der Waals surface area contributed by atoms with E-state index in [2.05, 4.69) is 4.72 Å². The number of nitrogens with zero attached hydrogens (tertiary/aromatic N) is 1. The van der Waals surface area contributed by atoms with Crippen LogP contribution in [0.2, 0.25) is 0 Å². The third kappa shape index (κ3) is 4.12. The SMILES string of the molecule is COCC(=O)N1CCCc2cc(NS(=O)(=O)c3ccc(F)c(C)c3)ccc21. The van der Waals surface area contributed by atoms with Gasteiger partial charge < -0.3 is 9.64 Å². The predicted molar refractivity (Wildman–Crippen MR) is 101 cm³/mol. The van der Waals surface area contributed by atoms with E-state index < -0.39 is 15.8 Å². The van der Waals surface area contributed by atoms with Crippen molar-refractivity contribution in [3.63, 3.8) is 0 Å². The average Bonchev–Trinajstić information content (AvgIpc) is 2.63. The Hall–Kier alpha value is -2.45. The zero-order valence-corrected chi connectivity index (χ0v) is 16.0. The normalized spacial score (nSPS) is 14.0. The van der Waals surface area contributed by atoms with Crippen LogP contribution in [-0.4, -0.2) is 34.6 Å². The van der Waals surface area contributed by atoms with Crippen molar-refractivity contribution in [1.29, 1.82) is 0 Å². The Labute approximate surface area is 158 Å². The third-order valence-corrected chi connectivity index (χ3v) is 5.84. The van der Waals surface area contributed by atoms with E-state index in [1.54, 1.807) is 23.1 Å². The van der Waals surface area contributed by atoms with Crippen LogP contribution in [0, 0.1) is 12.7 Å². The maximum atomic E-state index is 13.4. The number of sulfonamides is 1. The number of ether oxygens (including phenoxy) is 1. The minimum atomic E-state index is -3.83. The van der Waals surface area contributed by atoms with Gasteiger partial charge in [-0.1, -0.05) is 0 Å². The highest BCUT2D eigenvalue weighted by atomic mass is 32.2. The van der Waals surface area contributed by atoms with E-state index >= 15 is 0 Å². The van der Waals surface area contributed by atoms with E-state index in [1.165, 1.54) is 26.2 Å². The summed E-state index contributed by atoms with van der Waals surface area (Å²) in [4.78, 5) is 13.8. The maximum Gasteiger partial charge on any atom is 0.261 e. The number of hydrogen-bond donors (Lipinski definition) is 1. The van der Waals surface area contributed by atoms with Gasteiger partial charge in [-0.15, -0.1) is 0 Å². The molecule has 0 spiro atoms. The van der Waals surface area contributed by atoms with Gasteiger partial charge in [0.1, 0.15) is 12.4 Å². The Balaban J connectivity index is 1.86. The Morgan fingerprint density at radius 1 is 1.26 bits per heavy atom. The molecule has 6 nitrogen and oxygen atoms in total. The number of aryl methyl sites for hydroxylation is 2. The predicted octanol–water partition coefficient (Wildman–Crippen LogP) is 2.86. The first-order valence-corrected chi connectivity index (χ1v) is 10.0. The van der Waals surface area contributed by atoms with Crippen LogP contribution in [0.3, 0.4) is 0 Å². The van der Waals surface area contributed by atoms with Gasteiger partial charge in [-0.05, 0) is 67.3 Å². The molecule has 8 heteroatoms. The first-order valence-electron chi connectivity index (χ1n) is 8.53. The van der Waals surface area contributed by atoms with Crippen LogP contribution >= 0.6 is 0 Å². The van der Waals surface area contributed by atoms with Crippen molar-refractivity contribution < 1.29 is 22.3 Å². The first kappa shape index (κ1) is 19.3. The fourth-order valence-electron chi connectivity index (χ4n) is 3.12. The number of anilines is 2. The summed E-state index contributed by atoms with van der Waals surface area (Å²) >= 11 is 0. The summed E-state index contributed by atoms with van der Waals surface area (Å²) in [5.41, 5.74) is 2.32. The summed E-state index contributed by atoms with van der Waals surface area (Å²) in [6.45, 7) is 2.12. The van der Waals surface area contributed by atoms with Gasteiger partial charge in [0.25, 0.3) is 15.9 Å². The molecular formula is C19H21FN2O4S. The van der Waals surface area contributed by atoms with E-state index in [4.69, 9.17) is 4.74 Å². The second kappa shape index (κ2) is 7.66. The molecule has 2 aromatic carbocycles. The van der Waals surface area contributed by atoms with Crippen molar-refractivity contribution >= 4 is 27.3 Å². The summed E-state index contributed by atoms with van der Waals surface area (Å²) in [5, 5.41) is 0. The van der Waals surface area contributed by atoms with Crippen molar-refractivity contribution in [2.75, 3.05) is 29.9 Å². The van der Waals surface area contributed by atoms with Crippen LogP contribution in [0.25, 0.3) is 0 Å². The highest BCUT2D eigenvalue weighted by Crippen LogP contribution is 2.30. The molecule has 1 aliphatic rings. The lowest BCUT2D eigenvalue weighted by molar-refractivity contribution is -0.122. The van der Waals surface area contributed by atoms with Gasteiger partial charge in [0.2, 0.25) is 0 Å². The molecule has 0 saturated heterocycles. The number of rotatable bonds is 5. The molecule has 0 bridgehead atoms. The molecule has 1 heterocycles. The summed E-state index contributed by atoms with van der Waals surface area (Å²) in [5.74, 6) is -0.586. The topological polar surface area (TPSA) is 75.7 Å². The van der Waals surface area contributed by atoms with Gasteiger partial charge in [0.05, 0.1) is 4.90 Å². The zero-order valence-electron chi connectivity index (χ0n) is 15.2. The number of carbonyl (C=O) groups excluding carboxylic acids is 1. The largest absolute Gasteiger partial charge is 0.375 e. The van der Waals surface area contributed by atoms with Crippen molar-refractivity contribution in [2.24, 2.45) is 0 Å². The van der Waals surface area contributed by atoms with Crippen LogP contribution < -0.4 is 9.62 Å². The Morgan fingerprint density at radius 3 is 2.74 bits per heavy atom. The lowest BCUT2D eigenvalue weighted by Gasteiger charge is -2.29. The van der Waals surface area contributed by atoms with E-state index in [0.29, 0.717) is 12.2 Å². The van der Waals surface area contributed by atoms with E-state index in [9.17, 15) is 17.6 Å². The molecule has 27 heavy (non-hydrogen) atoms. The monoisotopic (exact) mass is 392 g/mol. The van der Waals surface area contributed by atoms with Crippen molar-refractivity contribution in [2.45, 2.75) is 24.7 Å². The van der Waals surface area contributed by atoms with E-state index in [-0.39, 0.29) is 23.0 Å². The number of benzene rings is 2. The molecule has 0 radical (unpaired) electrons. The van der Waals surface area contributed by atoms with Crippen LogP contribution in [0.15, 0.2) is 41.3 Å². The molecule has 1 aliphatic heterocycles. The summed E-state index contributed by atoms with van der Waals surface area (Å²) in [7, 11) is -2.36. The van der Waals surface area contributed by atoms with Crippen LogP contribution in [0.4, 0.5) is 15.8 Å². The van der Waals surface area contributed by atoms with Gasteiger partial charge in [-0.3, -0.25) is 9.52 Å². The maximum absolute atomic E-state index is 13.4. The van der Waals surface area contributed by atoms with Gasteiger partial charge in [-0.2, -0.15) is 0 Å². The van der Waals surface area contributed by atoms with Crippen LogP contribution in [-0.2, 0) is 26.0 Å². The minimum absolute atomic E-state index is 0.00224. The van der Waals surface area contributed by atoms with Crippen LogP contribution in [0.5, 0.6) is 0 Å². The second-order valence-corrected chi connectivity index (χ2v) is 8.12. The molecule has 2 aromatic rings. The van der Waals surface area contributed by atoms with Gasteiger partial charge in [0.15, 0.2) is 0 Å². The lowest BCUT2D eigenvalue weighted by atomic mass is 10.0. The molecule has 0 unspecified atom stereocenters. The minimum Gasteiger partial charge on any atom is -0.375 e. The molecular weight excluding hydrogens is 371 g/mol. The Bertz CT molecular complexity index is 976. The Morgan fingerprint density at radius 2 is 2.04 bits per heavy atom. The lowest BCUT2D eigenvalue weighted by Crippen LogP contribution is -2.37. The molecule has 144 valence electrons. The smallest absolute Gasteiger partial charge is 0.261 e. The van der Waals surface area contributed by atoms with Gasteiger partial charge in [-0.25, -0.2) is 12.8 Å². The summed E-state index contributed by atoms with van der Waals surface area (Å²) in [6.07, 6.45) is 1.53. The third-order valence-electron chi connectivity index (χ3n) is 4.46. The summed E-state index contributed by atoms with van der Waals surface area (Å²) < 4.78 is 46.0. The van der Waals surface area contributed by atoms with Gasteiger partial charge >= 0.3 is 0 Å². The van der Waals surface area contributed by atoms with E-state index in [1.807, 2.05) is 0 Å². The number of halogens is 1. The molecule has 0 aromatic heterocycles. The highest BCUT2D eigenvalue weighted by Gasteiger charge is 2.23. The molecule has 1 N–H and O–H groups in total. The molecule has 0 fully saturated rings. The fourth-order valence-corrected chi connectivity index (χ4v) is 4.25. The Kier molecular flexibility index (Phi) is 5.48. The molecule has 3 rings (SSSR count). The number of nitrogens with one attached hydrogen (secondary N) is 1. The van der Waals surface area contributed by atoms with Crippen molar-refractivity contribution in [3.05, 3.63) is 53.3 Å².